The minimum Gasteiger partial charge on any atom is -0.245 e. The van der Waals surface area contributed by atoms with Gasteiger partial charge >= 0.3 is 0 Å². The van der Waals surface area contributed by atoms with Crippen molar-refractivity contribution in [2.45, 2.75) is 0 Å². The summed E-state index contributed by atoms with van der Waals surface area (Å²) in [4.78, 5) is 3.87. The lowest BCUT2D eigenvalue weighted by molar-refractivity contribution is 0.628. The van der Waals surface area contributed by atoms with Crippen molar-refractivity contribution >= 4 is 50.0 Å². The molecule has 21 heavy (non-hydrogen) atoms. The molecule has 0 radical (unpaired) electrons. The molecule has 0 amide bonds. The van der Waals surface area contributed by atoms with Gasteiger partial charge in [0.15, 0.2) is 5.82 Å². The summed E-state index contributed by atoms with van der Waals surface area (Å²) in [5, 5.41) is 14.0. The second-order valence-electron chi connectivity index (χ2n) is 4.13. The minimum atomic E-state index is -0.548. The lowest BCUT2D eigenvalue weighted by atomic mass is 10.2. The highest BCUT2D eigenvalue weighted by atomic mass is 79.9. The summed E-state index contributed by atoms with van der Waals surface area (Å²) in [6.45, 7) is 0. The van der Waals surface area contributed by atoms with E-state index in [2.05, 4.69) is 26.0 Å². The van der Waals surface area contributed by atoms with Gasteiger partial charge in [-0.05, 0) is 28.1 Å². The van der Waals surface area contributed by atoms with Crippen LogP contribution in [-0.2, 0) is 0 Å². The molecule has 2 heterocycles. The molecule has 0 saturated heterocycles. The van der Waals surface area contributed by atoms with Crippen LogP contribution in [0.3, 0.4) is 0 Å². The van der Waals surface area contributed by atoms with Crippen LogP contribution in [0.4, 0.5) is 4.39 Å². The topological polar surface area (TPSA) is 54.5 Å². The summed E-state index contributed by atoms with van der Waals surface area (Å²) in [6, 6.07) is 4.90. The van der Waals surface area contributed by atoms with Crippen molar-refractivity contribution in [3.8, 4) is 11.8 Å². The average Bonchev–Trinajstić information content (AvgIpc) is 2.88. The molecule has 0 unspecified atom stereocenters. The molecule has 8 heteroatoms. The van der Waals surface area contributed by atoms with Crippen LogP contribution in [-0.4, -0.2) is 14.8 Å². The Morgan fingerprint density at radius 2 is 1.95 bits per heavy atom. The maximum atomic E-state index is 13.7. The molecule has 0 fully saturated rings. The highest BCUT2D eigenvalue weighted by molar-refractivity contribution is 9.10. The molecular formula is C13H4BrCl2FN4. The average molecular weight is 386 g/mol. The third kappa shape index (κ3) is 2.38. The molecule has 4 nitrogen and oxygen atoms in total. The number of hydrogen-bond acceptors (Lipinski definition) is 3. The lowest BCUT2D eigenvalue weighted by Crippen LogP contribution is -1.97. The standard InChI is InChI=1S/C13H4BrCl2FN4/c14-13-7-5-21(20-11(7)10(17)4-19-13)12-8(15)1-6(3-18)2-9(12)16/h1-2,4-5H. The summed E-state index contributed by atoms with van der Waals surface area (Å²) in [5.74, 6) is -0.548. The smallest absolute Gasteiger partial charge is 0.169 e. The van der Waals surface area contributed by atoms with Crippen LogP contribution in [0.1, 0.15) is 5.56 Å². The van der Waals surface area contributed by atoms with E-state index >= 15 is 0 Å². The summed E-state index contributed by atoms with van der Waals surface area (Å²) in [7, 11) is 0. The fourth-order valence-corrected chi connectivity index (χ4v) is 2.96. The number of aromatic nitrogens is 3. The van der Waals surface area contributed by atoms with Gasteiger partial charge in [0.05, 0.1) is 33.3 Å². The van der Waals surface area contributed by atoms with E-state index in [0.717, 1.165) is 6.20 Å². The molecule has 0 aliphatic heterocycles. The molecule has 0 atom stereocenters. The van der Waals surface area contributed by atoms with Crippen molar-refractivity contribution in [2.75, 3.05) is 0 Å². The van der Waals surface area contributed by atoms with Gasteiger partial charge in [0.25, 0.3) is 0 Å². The molecule has 0 aliphatic rings. The molecule has 104 valence electrons. The maximum Gasteiger partial charge on any atom is 0.169 e. The van der Waals surface area contributed by atoms with E-state index < -0.39 is 5.82 Å². The highest BCUT2D eigenvalue weighted by Crippen LogP contribution is 2.32. The van der Waals surface area contributed by atoms with Gasteiger partial charge in [-0.3, -0.25) is 0 Å². The molecule has 0 bridgehead atoms. The molecular weight excluding hydrogens is 382 g/mol. The van der Waals surface area contributed by atoms with Gasteiger partial charge in [-0.25, -0.2) is 14.1 Å². The number of nitriles is 1. The second-order valence-corrected chi connectivity index (χ2v) is 5.70. The van der Waals surface area contributed by atoms with Crippen LogP contribution in [0.25, 0.3) is 16.6 Å². The Hall–Kier alpha value is -1.68. The van der Waals surface area contributed by atoms with Crippen molar-refractivity contribution in [2.24, 2.45) is 0 Å². The van der Waals surface area contributed by atoms with Gasteiger partial charge in [0.2, 0.25) is 0 Å². The minimum absolute atomic E-state index is 0.147. The number of pyridine rings is 1. The Kier molecular flexibility index (Phi) is 3.57. The van der Waals surface area contributed by atoms with E-state index in [-0.39, 0.29) is 15.6 Å². The Labute approximate surface area is 136 Å². The van der Waals surface area contributed by atoms with Crippen molar-refractivity contribution in [1.82, 2.24) is 14.8 Å². The Morgan fingerprint density at radius 3 is 2.52 bits per heavy atom. The Balaban J connectivity index is 2.29. The van der Waals surface area contributed by atoms with Gasteiger partial charge in [-0.2, -0.15) is 10.4 Å². The fraction of sp³-hybridized carbons (Fsp3) is 0. The summed E-state index contributed by atoms with van der Waals surface area (Å²) in [6.07, 6.45) is 2.64. The van der Waals surface area contributed by atoms with Crippen molar-refractivity contribution in [3.63, 3.8) is 0 Å². The molecule has 0 N–H and O–H groups in total. The predicted molar refractivity (Wildman–Crippen MR) is 81.3 cm³/mol. The van der Waals surface area contributed by atoms with Gasteiger partial charge in [-0.15, -0.1) is 0 Å². The van der Waals surface area contributed by atoms with E-state index in [4.69, 9.17) is 28.5 Å². The normalized spacial score (nSPS) is 10.8. The lowest BCUT2D eigenvalue weighted by Gasteiger charge is -2.07. The van der Waals surface area contributed by atoms with Gasteiger partial charge in [0.1, 0.15) is 15.8 Å². The summed E-state index contributed by atoms with van der Waals surface area (Å²) < 4.78 is 15.6. The Morgan fingerprint density at radius 1 is 1.29 bits per heavy atom. The van der Waals surface area contributed by atoms with Crippen LogP contribution < -0.4 is 0 Å². The van der Waals surface area contributed by atoms with E-state index in [1.165, 1.54) is 16.8 Å². The van der Waals surface area contributed by atoms with Crippen LogP contribution in [0.5, 0.6) is 0 Å². The van der Waals surface area contributed by atoms with E-state index in [1.54, 1.807) is 6.20 Å². The number of fused-ring (bicyclic) bond motifs is 1. The SMILES string of the molecule is N#Cc1cc(Cl)c(-n2cc3c(Br)ncc(F)c3n2)c(Cl)c1. The first kappa shape index (κ1) is 14.3. The number of benzene rings is 1. The highest BCUT2D eigenvalue weighted by Gasteiger charge is 2.16. The zero-order chi connectivity index (χ0) is 15.1. The zero-order valence-electron chi connectivity index (χ0n) is 10.1. The predicted octanol–water partition coefficient (Wildman–Crippen LogP) is 4.50. The molecule has 3 rings (SSSR count). The number of rotatable bonds is 1. The molecule has 1 aromatic carbocycles. The first-order valence-corrected chi connectivity index (χ1v) is 7.15. The number of halogens is 4. The van der Waals surface area contributed by atoms with Gasteiger partial charge in [-0.1, -0.05) is 23.2 Å². The fourth-order valence-electron chi connectivity index (χ4n) is 1.91. The van der Waals surface area contributed by atoms with Crippen LogP contribution in [0, 0.1) is 17.1 Å². The molecule has 0 spiro atoms. The Bertz CT molecular complexity index is 854. The van der Waals surface area contributed by atoms with Crippen molar-refractivity contribution < 1.29 is 4.39 Å². The van der Waals surface area contributed by atoms with E-state index in [9.17, 15) is 4.39 Å². The second kappa shape index (κ2) is 5.26. The monoisotopic (exact) mass is 384 g/mol. The first-order chi connectivity index (χ1) is 10.0. The molecule has 0 saturated carbocycles. The van der Waals surface area contributed by atoms with Crippen molar-refractivity contribution in [3.05, 3.63) is 50.6 Å². The van der Waals surface area contributed by atoms with Crippen LogP contribution >= 0.6 is 39.1 Å². The number of nitrogens with zero attached hydrogens (tertiary/aromatic N) is 4. The zero-order valence-corrected chi connectivity index (χ0v) is 13.2. The molecule has 0 aliphatic carbocycles. The summed E-state index contributed by atoms with van der Waals surface area (Å²) >= 11 is 15.5. The van der Waals surface area contributed by atoms with Crippen molar-refractivity contribution in [1.29, 1.82) is 5.26 Å². The maximum absolute atomic E-state index is 13.7. The molecule has 3 aromatic rings. The summed E-state index contributed by atoms with van der Waals surface area (Å²) in [5.41, 5.74) is 0.854. The van der Waals surface area contributed by atoms with E-state index in [1.807, 2.05) is 6.07 Å². The van der Waals surface area contributed by atoms with Crippen LogP contribution in [0.15, 0.2) is 29.1 Å². The third-order valence-corrected chi connectivity index (χ3v) is 4.04. The molecule has 2 aromatic heterocycles. The first-order valence-electron chi connectivity index (χ1n) is 5.60. The number of hydrogen-bond donors (Lipinski definition) is 0. The van der Waals surface area contributed by atoms with E-state index in [0.29, 0.717) is 21.2 Å². The third-order valence-electron chi connectivity index (χ3n) is 2.83. The van der Waals surface area contributed by atoms with Gasteiger partial charge in [0, 0.05) is 6.20 Å². The van der Waals surface area contributed by atoms with Crippen LogP contribution in [0.2, 0.25) is 10.0 Å². The largest absolute Gasteiger partial charge is 0.245 e. The quantitative estimate of drug-likeness (QED) is 0.579. The van der Waals surface area contributed by atoms with Gasteiger partial charge < -0.3 is 0 Å².